The highest BCUT2D eigenvalue weighted by atomic mass is 16.5. The number of aromatic nitrogens is 2. The first kappa shape index (κ1) is 18.4. The largest absolute Gasteiger partial charge is 0.483 e. The highest BCUT2D eigenvalue weighted by molar-refractivity contribution is 5.92. The lowest BCUT2D eigenvalue weighted by Crippen LogP contribution is -2.20. The maximum Gasteiger partial charge on any atom is 0.262 e. The van der Waals surface area contributed by atoms with Gasteiger partial charge in [-0.25, -0.2) is 0 Å². The van der Waals surface area contributed by atoms with Gasteiger partial charge < -0.3 is 14.5 Å². The maximum absolute atomic E-state index is 12.2. The van der Waals surface area contributed by atoms with E-state index in [-0.39, 0.29) is 12.5 Å². The zero-order valence-corrected chi connectivity index (χ0v) is 15.8. The second-order valence-corrected chi connectivity index (χ2v) is 6.48. The second kappa shape index (κ2) is 8.39. The van der Waals surface area contributed by atoms with E-state index in [9.17, 15) is 4.79 Å². The van der Waals surface area contributed by atoms with E-state index in [0.29, 0.717) is 23.1 Å². The molecule has 0 saturated heterocycles. The van der Waals surface area contributed by atoms with Crippen molar-refractivity contribution in [2.24, 2.45) is 0 Å². The molecular weight excluding hydrogens is 366 g/mol. The fraction of sp³-hybridized carbons (Fsp3) is 0.0870. The van der Waals surface area contributed by atoms with Crippen molar-refractivity contribution in [3.8, 4) is 28.7 Å². The van der Waals surface area contributed by atoms with Gasteiger partial charge in [0, 0.05) is 11.3 Å². The molecule has 29 heavy (non-hydrogen) atoms. The lowest BCUT2D eigenvalue weighted by atomic mass is 10.2. The zero-order chi connectivity index (χ0) is 20.1. The summed E-state index contributed by atoms with van der Waals surface area (Å²) < 4.78 is 11.5. The minimum Gasteiger partial charge on any atom is -0.483 e. The summed E-state index contributed by atoms with van der Waals surface area (Å²) in [5.41, 5.74) is 3.27. The Morgan fingerprint density at radius 1 is 0.931 bits per heavy atom. The van der Waals surface area contributed by atoms with Crippen molar-refractivity contribution in [3.63, 3.8) is 0 Å². The first-order chi connectivity index (χ1) is 14.2. The number of amides is 1. The van der Waals surface area contributed by atoms with E-state index in [1.807, 2.05) is 79.7 Å². The number of ether oxygens (including phenoxy) is 1. The number of hydrogen-bond acceptors (Lipinski definition) is 5. The number of anilines is 1. The van der Waals surface area contributed by atoms with E-state index in [0.717, 1.165) is 16.8 Å². The van der Waals surface area contributed by atoms with Crippen LogP contribution in [0.3, 0.4) is 0 Å². The molecule has 4 rings (SSSR count). The van der Waals surface area contributed by atoms with Crippen LogP contribution >= 0.6 is 0 Å². The van der Waals surface area contributed by atoms with Crippen molar-refractivity contribution in [1.29, 1.82) is 0 Å². The first-order valence-corrected chi connectivity index (χ1v) is 9.17. The molecule has 0 bridgehead atoms. The molecule has 0 fully saturated rings. The van der Waals surface area contributed by atoms with Gasteiger partial charge in [-0.15, -0.1) is 10.2 Å². The van der Waals surface area contributed by atoms with E-state index in [4.69, 9.17) is 9.15 Å². The van der Waals surface area contributed by atoms with E-state index >= 15 is 0 Å². The van der Waals surface area contributed by atoms with E-state index in [2.05, 4.69) is 15.5 Å². The molecule has 1 N–H and O–H groups in total. The number of rotatable bonds is 6. The molecule has 3 aromatic carbocycles. The molecule has 1 heterocycles. The van der Waals surface area contributed by atoms with E-state index < -0.39 is 0 Å². The molecular formula is C23H19N3O3. The van der Waals surface area contributed by atoms with Crippen molar-refractivity contribution < 1.29 is 13.9 Å². The van der Waals surface area contributed by atoms with Crippen molar-refractivity contribution in [2.75, 3.05) is 11.9 Å². The van der Waals surface area contributed by atoms with Gasteiger partial charge in [-0.3, -0.25) is 4.79 Å². The molecule has 4 aromatic rings. The summed E-state index contributed by atoms with van der Waals surface area (Å²) >= 11 is 0. The number of aryl methyl sites for hydroxylation is 1. The van der Waals surface area contributed by atoms with Crippen LogP contribution in [-0.2, 0) is 4.79 Å². The molecule has 0 radical (unpaired) electrons. The number of nitrogens with one attached hydrogen (secondary N) is 1. The molecule has 0 aliphatic rings. The Hall–Kier alpha value is -3.93. The van der Waals surface area contributed by atoms with Gasteiger partial charge in [0.1, 0.15) is 5.75 Å². The predicted octanol–water partition coefficient (Wildman–Crippen LogP) is 4.73. The Kier molecular flexibility index (Phi) is 5.33. The second-order valence-electron chi connectivity index (χ2n) is 6.48. The summed E-state index contributed by atoms with van der Waals surface area (Å²) in [6.45, 7) is 1.83. The average Bonchev–Trinajstić information content (AvgIpc) is 3.23. The lowest BCUT2D eigenvalue weighted by Gasteiger charge is -2.10. The number of para-hydroxylation sites is 1. The minimum absolute atomic E-state index is 0.134. The fourth-order valence-corrected chi connectivity index (χ4v) is 2.86. The van der Waals surface area contributed by atoms with Gasteiger partial charge in [-0.1, -0.05) is 42.5 Å². The van der Waals surface area contributed by atoms with Gasteiger partial charge >= 0.3 is 0 Å². The molecule has 0 saturated carbocycles. The van der Waals surface area contributed by atoms with Crippen LogP contribution in [0.1, 0.15) is 5.56 Å². The number of benzene rings is 3. The lowest BCUT2D eigenvalue weighted by molar-refractivity contribution is -0.118. The normalized spacial score (nSPS) is 10.5. The number of carbonyl (C=O) groups is 1. The monoisotopic (exact) mass is 385 g/mol. The van der Waals surface area contributed by atoms with Crippen LogP contribution in [0.2, 0.25) is 0 Å². The van der Waals surface area contributed by atoms with Gasteiger partial charge in [0.15, 0.2) is 6.61 Å². The summed E-state index contributed by atoms with van der Waals surface area (Å²) in [5.74, 6) is 1.00. The van der Waals surface area contributed by atoms with Crippen LogP contribution < -0.4 is 10.1 Å². The Morgan fingerprint density at radius 3 is 2.52 bits per heavy atom. The number of carbonyl (C=O) groups excluding carboxylic acids is 1. The highest BCUT2D eigenvalue weighted by Gasteiger charge is 2.15. The molecule has 144 valence electrons. The molecule has 0 aliphatic carbocycles. The predicted molar refractivity (Wildman–Crippen MR) is 110 cm³/mol. The van der Waals surface area contributed by atoms with Crippen molar-refractivity contribution in [1.82, 2.24) is 10.2 Å². The first-order valence-electron chi connectivity index (χ1n) is 9.17. The number of nitrogens with zero attached hydrogens (tertiary/aromatic N) is 2. The van der Waals surface area contributed by atoms with Crippen molar-refractivity contribution in [3.05, 3.63) is 84.4 Å². The van der Waals surface area contributed by atoms with Crippen LogP contribution in [-0.4, -0.2) is 22.7 Å². The van der Waals surface area contributed by atoms with Crippen LogP contribution in [0.4, 0.5) is 5.69 Å². The molecule has 0 unspecified atom stereocenters. The molecule has 6 nitrogen and oxygen atoms in total. The zero-order valence-electron chi connectivity index (χ0n) is 15.8. The Labute approximate surface area is 168 Å². The third-order valence-electron chi connectivity index (χ3n) is 4.22. The summed E-state index contributed by atoms with van der Waals surface area (Å²) in [6.07, 6.45) is 0. The fourth-order valence-electron chi connectivity index (χ4n) is 2.86. The van der Waals surface area contributed by atoms with Gasteiger partial charge in [-0.2, -0.15) is 0 Å². The van der Waals surface area contributed by atoms with Crippen LogP contribution in [0.15, 0.2) is 83.3 Å². The van der Waals surface area contributed by atoms with Crippen LogP contribution in [0, 0.1) is 6.92 Å². The quantitative estimate of drug-likeness (QED) is 0.519. The standard InChI is InChI=1S/C23H19N3O3/c1-16-8-7-11-18(14-16)24-21(27)15-28-20-13-6-5-12-19(20)23-26-25-22(29-23)17-9-3-2-4-10-17/h2-14H,15H2,1H3,(H,24,27). The summed E-state index contributed by atoms with van der Waals surface area (Å²) in [4.78, 5) is 12.2. The molecule has 6 heteroatoms. The van der Waals surface area contributed by atoms with Crippen LogP contribution in [0.5, 0.6) is 5.75 Å². The van der Waals surface area contributed by atoms with Crippen molar-refractivity contribution in [2.45, 2.75) is 6.92 Å². The third-order valence-corrected chi connectivity index (χ3v) is 4.22. The molecule has 0 atom stereocenters. The summed E-state index contributed by atoms with van der Waals surface area (Å²) in [6, 6.07) is 24.4. The summed E-state index contributed by atoms with van der Waals surface area (Å²) in [5, 5.41) is 11.1. The summed E-state index contributed by atoms with van der Waals surface area (Å²) in [7, 11) is 0. The molecule has 0 spiro atoms. The Morgan fingerprint density at radius 2 is 1.69 bits per heavy atom. The van der Waals surface area contributed by atoms with Gasteiger partial charge in [0.2, 0.25) is 5.89 Å². The highest BCUT2D eigenvalue weighted by Crippen LogP contribution is 2.30. The Balaban J connectivity index is 1.47. The van der Waals surface area contributed by atoms with E-state index in [1.54, 1.807) is 6.07 Å². The third kappa shape index (κ3) is 4.50. The maximum atomic E-state index is 12.2. The minimum atomic E-state index is -0.249. The van der Waals surface area contributed by atoms with E-state index in [1.165, 1.54) is 0 Å². The topological polar surface area (TPSA) is 77.2 Å². The van der Waals surface area contributed by atoms with Gasteiger partial charge in [0.05, 0.1) is 5.56 Å². The molecule has 1 aromatic heterocycles. The van der Waals surface area contributed by atoms with Gasteiger partial charge in [-0.05, 0) is 48.9 Å². The molecule has 0 aliphatic heterocycles. The van der Waals surface area contributed by atoms with Gasteiger partial charge in [0.25, 0.3) is 11.8 Å². The Bertz CT molecular complexity index is 1120. The average molecular weight is 385 g/mol. The van der Waals surface area contributed by atoms with Crippen LogP contribution in [0.25, 0.3) is 22.9 Å². The SMILES string of the molecule is Cc1cccc(NC(=O)COc2ccccc2-c2nnc(-c3ccccc3)o2)c1. The smallest absolute Gasteiger partial charge is 0.262 e. The van der Waals surface area contributed by atoms with Crippen molar-refractivity contribution >= 4 is 11.6 Å². The molecule has 1 amide bonds. The number of hydrogen-bond donors (Lipinski definition) is 1.